The summed E-state index contributed by atoms with van der Waals surface area (Å²) in [6, 6.07) is 5.81. The van der Waals surface area contributed by atoms with E-state index in [-0.39, 0.29) is 5.84 Å². The number of oxime groups is 1. The molecule has 0 saturated heterocycles. The van der Waals surface area contributed by atoms with Gasteiger partial charge in [-0.2, -0.15) is 0 Å². The van der Waals surface area contributed by atoms with E-state index in [1.54, 1.807) is 0 Å². The van der Waals surface area contributed by atoms with Crippen LogP contribution in [0.3, 0.4) is 0 Å². The van der Waals surface area contributed by atoms with Gasteiger partial charge in [-0.05, 0) is 43.5 Å². The fourth-order valence-corrected chi connectivity index (χ4v) is 1.98. The van der Waals surface area contributed by atoms with Gasteiger partial charge >= 0.3 is 0 Å². The summed E-state index contributed by atoms with van der Waals surface area (Å²) in [4.78, 5) is 0. The zero-order valence-corrected chi connectivity index (χ0v) is 13.1. The molecule has 0 unspecified atom stereocenters. The number of rotatable bonds is 10. The monoisotopic (exact) mass is 293 g/mol. The van der Waals surface area contributed by atoms with Gasteiger partial charge in [0, 0.05) is 25.3 Å². The predicted molar refractivity (Wildman–Crippen MR) is 85.7 cm³/mol. The molecule has 0 amide bonds. The van der Waals surface area contributed by atoms with Crippen LogP contribution in [0, 0.1) is 6.92 Å². The zero-order chi connectivity index (χ0) is 15.5. The van der Waals surface area contributed by atoms with E-state index in [9.17, 15) is 0 Å². The number of nitrogens with two attached hydrogens (primary N) is 1. The number of hydrogen-bond acceptors (Lipinski definition) is 4. The number of benzene rings is 1. The molecule has 1 rings (SSSR count). The minimum atomic E-state index is 0.141. The maximum Gasteiger partial charge on any atom is 0.170 e. The van der Waals surface area contributed by atoms with Crippen molar-refractivity contribution in [3.63, 3.8) is 0 Å². The Labute approximate surface area is 127 Å². The number of amidine groups is 1. The first-order valence-electron chi connectivity index (χ1n) is 7.55. The Bertz CT molecular complexity index is 447. The van der Waals surface area contributed by atoms with Crippen molar-refractivity contribution in [1.29, 1.82) is 0 Å². The first-order valence-corrected chi connectivity index (χ1v) is 7.55. The van der Waals surface area contributed by atoms with Gasteiger partial charge in [0.1, 0.15) is 0 Å². The van der Waals surface area contributed by atoms with Crippen LogP contribution in [0.15, 0.2) is 23.4 Å². The highest BCUT2D eigenvalue weighted by Gasteiger charge is 2.03. The van der Waals surface area contributed by atoms with E-state index in [4.69, 9.17) is 15.7 Å². The van der Waals surface area contributed by atoms with E-state index < -0.39 is 0 Å². The van der Waals surface area contributed by atoms with E-state index in [0.717, 1.165) is 50.3 Å². The lowest BCUT2D eigenvalue weighted by Gasteiger charge is -2.09. The average molecular weight is 293 g/mol. The highest BCUT2D eigenvalue weighted by molar-refractivity contribution is 5.97. The van der Waals surface area contributed by atoms with Crippen LogP contribution < -0.4 is 11.1 Å². The van der Waals surface area contributed by atoms with Crippen LogP contribution in [-0.4, -0.2) is 30.8 Å². The van der Waals surface area contributed by atoms with Crippen molar-refractivity contribution in [3.05, 3.63) is 34.9 Å². The lowest BCUT2D eigenvalue weighted by Crippen LogP contribution is -2.18. The third-order valence-electron chi connectivity index (χ3n) is 3.35. The van der Waals surface area contributed by atoms with Crippen LogP contribution in [-0.2, 0) is 11.3 Å². The predicted octanol–water partition coefficient (Wildman–Crippen LogP) is 2.39. The molecule has 118 valence electrons. The SMILES string of the molecule is CCCCOCCCNCc1ccc(/C(N)=N/O)cc1C. The van der Waals surface area contributed by atoms with Crippen molar-refractivity contribution in [2.45, 2.75) is 39.7 Å². The van der Waals surface area contributed by atoms with Crippen LogP contribution in [0.1, 0.15) is 42.9 Å². The Hall–Kier alpha value is -1.59. The Morgan fingerprint density at radius 3 is 2.76 bits per heavy atom. The van der Waals surface area contributed by atoms with E-state index in [1.807, 2.05) is 25.1 Å². The van der Waals surface area contributed by atoms with Crippen LogP contribution in [0.5, 0.6) is 0 Å². The maximum atomic E-state index is 8.66. The molecule has 5 nitrogen and oxygen atoms in total. The molecule has 0 aliphatic heterocycles. The lowest BCUT2D eigenvalue weighted by molar-refractivity contribution is 0.129. The molecular formula is C16H27N3O2. The van der Waals surface area contributed by atoms with Crippen molar-refractivity contribution < 1.29 is 9.94 Å². The fourth-order valence-electron chi connectivity index (χ4n) is 1.98. The normalized spacial score (nSPS) is 11.8. The molecule has 0 aromatic heterocycles. The van der Waals surface area contributed by atoms with Gasteiger partial charge in [0.2, 0.25) is 0 Å². The highest BCUT2D eigenvalue weighted by atomic mass is 16.5. The molecule has 0 saturated carbocycles. The van der Waals surface area contributed by atoms with Crippen LogP contribution in [0.4, 0.5) is 0 Å². The Morgan fingerprint density at radius 2 is 2.10 bits per heavy atom. The summed E-state index contributed by atoms with van der Waals surface area (Å²) in [7, 11) is 0. The van der Waals surface area contributed by atoms with Crippen LogP contribution in [0.25, 0.3) is 0 Å². The molecule has 4 N–H and O–H groups in total. The second-order valence-corrected chi connectivity index (χ2v) is 5.12. The topological polar surface area (TPSA) is 79.9 Å². The van der Waals surface area contributed by atoms with E-state index in [2.05, 4.69) is 17.4 Å². The van der Waals surface area contributed by atoms with Crippen molar-refractivity contribution >= 4 is 5.84 Å². The number of ether oxygens (including phenoxy) is 1. The van der Waals surface area contributed by atoms with Gasteiger partial charge in [0.15, 0.2) is 5.84 Å². The molecular weight excluding hydrogens is 266 g/mol. The number of nitrogens with one attached hydrogen (secondary N) is 1. The van der Waals surface area contributed by atoms with Gasteiger partial charge in [-0.15, -0.1) is 0 Å². The molecule has 21 heavy (non-hydrogen) atoms. The quantitative estimate of drug-likeness (QED) is 0.203. The maximum absolute atomic E-state index is 8.66. The molecule has 0 aliphatic rings. The number of hydrogen-bond donors (Lipinski definition) is 3. The summed E-state index contributed by atoms with van der Waals surface area (Å²) in [5, 5.41) is 15.1. The van der Waals surface area contributed by atoms with Crippen molar-refractivity contribution in [1.82, 2.24) is 5.32 Å². The average Bonchev–Trinajstić information content (AvgIpc) is 2.50. The number of aryl methyl sites for hydroxylation is 1. The molecule has 0 aliphatic carbocycles. The largest absolute Gasteiger partial charge is 0.409 e. The fraction of sp³-hybridized carbons (Fsp3) is 0.562. The molecule has 0 heterocycles. The minimum Gasteiger partial charge on any atom is -0.409 e. The van der Waals surface area contributed by atoms with Crippen LogP contribution in [0.2, 0.25) is 0 Å². The standard InChI is InChI=1S/C16H27N3O2/c1-3-4-9-21-10-5-8-18-12-15-7-6-14(11-13(15)2)16(17)19-20/h6-7,11,18,20H,3-5,8-10,12H2,1-2H3,(H2,17,19). The first kappa shape index (κ1) is 17.5. The molecule has 1 aromatic carbocycles. The van der Waals surface area contributed by atoms with Gasteiger partial charge in [-0.3, -0.25) is 0 Å². The first-order chi connectivity index (χ1) is 10.2. The molecule has 0 fully saturated rings. The van der Waals surface area contributed by atoms with E-state index >= 15 is 0 Å². The number of unbranched alkanes of at least 4 members (excludes halogenated alkanes) is 1. The zero-order valence-electron chi connectivity index (χ0n) is 13.1. The molecule has 5 heteroatoms. The third kappa shape index (κ3) is 6.60. The molecule has 0 bridgehead atoms. The van der Waals surface area contributed by atoms with E-state index in [0.29, 0.717) is 0 Å². The third-order valence-corrected chi connectivity index (χ3v) is 3.35. The summed E-state index contributed by atoms with van der Waals surface area (Å²) < 4.78 is 5.51. The van der Waals surface area contributed by atoms with Gasteiger partial charge < -0.3 is 21.0 Å². The Balaban J connectivity index is 2.26. The summed E-state index contributed by atoms with van der Waals surface area (Å²) in [6.45, 7) is 7.63. The Morgan fingerprint density at radius 1 is 1.33 bits per heavy atom. The second kappa shape index (κ2) is 10.2. The minimum absolute atomic E-state index is 0.141. The van der Waals surface area contributed by atoms with Crippen molar-refractivity contribution in [2.75, 3.05) is 19.8 Å². The summed E-state index contributed by atoms with van der Waals surface area (Å²) in [5.41, 5.74) is 8.66. The molecule has 0 spiro atoms. The van der Waals surface area contributed by atoms with Gasteiger partial charge in [0.25, 0.3) is 0 Å². The number of nitrogens with zero attached hydrogens (tertiary/aromatic N) is 1. The Kier molecular flexibility index (Phi) is 8.47. The lowest BCUT2D eigenvalue weighted by atomic mass is 10.0. The van der Waals surface area contributed by atoms with E-state index in [1.165, 1.54) is 12.0 Å². The second-order valence-electron chi connectivity index (χ2n) is 5.12. The smallest absolute Gasteiger partial charge is 0.170 e. The molecule has 1 aromatic rings. The van der Waals surface area contributed by atoms with Crippen molar-refractivity contribution in [3.8, 4) is 0 Å². The summed E-state index contributed by atoms with van der Waals surface area (Å²) >= 11 is 0. The van der Waals surface area contributed by atoms with Crippen LogP contribution >= 0.6 is 0 Å². The molecule has 0 radical (unpaired) electrons. The van der Waals surface area contributed by atoms with Gasteiger partial charge in [-0.1, -0.05) is 30.6 Å². The summed E-state index contributed by atoms with van der Waals surface area (Å²) in [5.74, 6) is 0.141. The summed E-state index contributed by atoms with van der Waals surface area (Å²) in [6.07, 6.45) is 3.34. The van der Waals surface area contributed by atoms with Gasteiger partial charge in [0.05, 0.1) is 0 Å². The van der Waals surface area contributed by atoms with Crippen molar-refractivity contribution in [2.24, 2.45) is 10.9 Å². The van der Waals surface area contributed by atoms with Gasteiger partial charge in [-0.25, -0.2) is 0 Å². The highest BCUT2D eigenvalue weighted by Crippen LogP contribution is 2.11. The molecule has 0 atom stereocenters.